The third-order valence-corrected chi connectivity index (χ3v) is 2.05. The van der Waals surface area contributed by atoms with Crippen molar-refractivity contribution in [3.63, 3.8) is 0 Å². The largest absolute Gasteiger partial charge is 0.465 e. The van der Waals surface area contributed by atoms with E-state index in [0.29, 0.717) is 17.7 Å². The summed E-state index contributed by atoms with van der Waals surface area (Å²) in [5.41, 5.74) is 6.40. The van der Waals surface area contributed by atoms with Crippen molar-refractivity contribution in [1.29, 1.82) is 0 Å². The van der Waals surface area contributed by atoms with Crippen molar-refractivity contribution >= 4 is 5.91 Å². The van der Waals surface area contributed by atoms with Crippen molar-refractivity contribution in [2.24, 2.45) is 5.73 Å². The summed E-state index contributed by atoms with van der Waals surface area (Å²) in [5, 5.41) is 9.12. The first-order valence-corrected chi connectivity index (χ1v) is 4.82. The quantitative estimate of drug-likeness (QED) is 0.728. The van der Waals surface area contributed by atoms with E-state index in [2.05, 4.69) is 0 Å². The lowest BCUT2D eigenvalue weighted by atomic mass is 10.0. The first-order valence-electron chi connectivity index (χ1n) is 4.82. The van der Waals surface area contributed by atoms with Crippen molar-refractivity contribution in [2.45, 2.75) is 26.6 Å². The van der Waals surface area contributed by atoms with Gasteiger partial charge in [-0.25, -0.2) is 0 Å². The molecule has 0 fully saturated rings. The fourth-order valence-electron chi connectivity index (χ4n) is 1.46. The van der Waals surface area contributed by atoms with Gasteiger partial charge >= 0.3 is 0 Å². The van der Waals surface area contributed by atoms with Crippen LogP contribution in [-0.4, -0.2) is 17.3 Å². The second-order valence-corrected chi connectivity index (χ2v) is 3.22. The Morgan fingerprint density at radius 1 is 1.60 bits per heavy atom. The zero-order chi connectivity index (χ0) is 11.4. The fourth-order valence-corrected chi connectivity index (χ4v) is 1.46. The topological polar surface area (TPSA) is 72.6 Å². The molecule has 1 amide bonds. The average Bonchev–Trinajstić information content (AvgIpc) is 2.16. The molecule has 82 valence electrons. The van der Waals surface area contributed by atoms with Crippen LogP contribution >= 0.6 is 0 Å². The van der Waals surface area contributed by atoms with E-state index in [4.69, 9.17) is 15.6 Å². The number of ether oxygens (including phenoxy) is 1. The fraction of sp³-hybridized carbons (Fsp3) is 0.364. The highest BCUT2D eigenvalue weighted by Crippen LogP contribution is 2.23. The van der Waals surface area contributed by atoms with E-state index in [1.54, 1.807) is 18.2 Å². The molecule has 4 heteroatoms. The van der Waals surface area contributed by atoms with Crippen LogP contribution in [-0.2, 0) is 6.42 Å². The summed E-state index contributed by atoms with van der Waals surface area (Å²) in [6, 6.07) is 5.03. The molecular weight excluding hydrogens is 194 g/mol. The lowest BCUT2D eigenvalue weighted by Gasteiger charge is -2.14. The summed E-state index contributed by atoms with van der Waals surface area (Å²) in [6.45, 7) is 3.41. The normalized spacial score (nSPS) is 12.2. The lowest BCUT2D eigenvalue weighted by molar-refractivity contribution is -0.00103. The van der Waals surface area contributed by atoms with Gasteiger partial charge in [0, 0.05) is 11.1 Å². The van der Waals surface area contributed by atoms with Gasteiger partial charge in [0.15, 0.2) is 6.29 Å². The van der Waals surface area contributed by atoms with E-state index < -0.39 is 12.2 Å². The number of carbonyl (C=O) groups is 1. The summed E-state index contributed by atoms with van der Waals surface area (Å²) in [4.78, 5) is 11.1. The SMILES string of the molecule is CCc1c(OC(C)O)cccc1C(N)=O. The van der Waals surface area contributed by atoms with Crippen LogP contribution in [0.2, 0.25) is 0 Å². The number of primary amides is 1. The molecule has 0 radical (unpaired) electrons. The molecule has 0 aliphatic rings. The van der Waals surface area contributed by atoms with Gasteiger partial charge in [0.05, 0.1) is 0 Å². The Balaban J connectivity index is 3.16. The van der Waals surface area contributed by atoms with Crippen molar-refractivity contribution in [2.75, 3.05) is 0 Å². The lowest BCUT2D eigenvalue weighted by Crippen LogP contribution is -2.16. The van der Waals surface area contributed by atoms with Gasteiger partial charge in [0.2, 0.25) is 5.91 Å². The zero-order valence-electron chi connectivity index (χ0n) is 8.86. The van der Waals surface area contributed by atoms with Gasteiger partial charge < -0.3 is 15.6 Å². The maximum absolute atomic E-state index is 11.1. The van der Waals surface area contributed by atoms with Crippen LogP contribution in [0, 0.1) is 0 Å². The molecule has 1 aromatic rings. The Labute approximate surface area is 88.7 Å². The molecule has 0 aliphatic heterocycles. The molecule has 3 N–H and O–H groups in total. The van der Waals surface area contributed by atoms with E-state index in [0.717, 1.165) is 5.56 Å². The molecule has 0 spiro atoms. The molecule has 4 nitrogen and oxygen atoms in total. The number of amides is 1. The molecule has 1 atom stereocenters. The number of aliphatic hydroxyl groups excluding tert-OH is 1. The predicted molar refractivity (Wildman–Crippen MR) is 56.6 cm³/mol. The molecule has 0 aliphatic carbocycles. The summed E-state index contributed by atoms with van der Waals surface area (Å²) in [7, 11) is 0. The van der Waals surface area contributed by atoms with Crippen LogP contribution in [0.3, 0.4) is 0 Å². The van der Waals surface area contributed by atoms with Gasteiger partial charge in [-0.15, -0.1) is 0 Å². The van der Waals surface area contributed by atoms with Gasteiger partial charge in [-0.3, -0.25) is 4.79 Å². The molecule has 1 rings (SSSR count). The van der Waals surface area contributed by atoms with Crippen LogP contribution < -0.4 is 10.5 Å². The van der Waals surface area contributed by atoms with Crippen molar-refractivity contribution < 1.29 is 14.6 Å². The summed E-state index contributed by atoms with van der Waals surface area (Å²) in [5.74, 6) is 0.0201. The Kier molecular flexibility index (Phi) is 3.68. The summed E-state index contributed by atoms with van der Waals surface area (Å²) in [6.07, 6.45) is -0.278. The van der Waals surface area contributed by atoms with Crippen molar-refractivity contribution in [3.05, 3.63) is 29.3 Å². The minimum atomic E-state index is -0.904. The average molecular weight is 209 g/mol. The number of nitrogens with two attached hydrogens (primary N) is 1. The minimum Gasteiger partial charge on any atom is -0.465 e. The summed E-state index contributed by atoms with van der Waals surface area (Å²) < 4.78 is 5.17. The molecule has 0 saturated carbocycles. The van der Waals surface area contributed by atoms with Gasteiger partial charge in [-0.1, -0.05) is 13.0 Å². The number of hydrogen-bond donors (Lipinski definition) is 2. The second-order valence-electron chi connectivity index (χ2n) is 3.22. The maximum Gasteiger partial charge on any atom is 0.249 e. The molecule has 1 unspecified atom stereocenters. The number of rotatable bonds is 4. The second kappa shape index (κ2) is 4.79. The predicted octanol–water partition coefficient (Wildman–Crippen LogP) is 1.06. The van der Waals surface area contributed by atoms with Crippen LogP contribution in [0.4, 0.5) is 0 Å². The van der Waals surface area contributed by atoms with Crippen molar-refractivity contribution in [3.8, 4) is 5.75 Å². The Hall–Kier alpha value is -1.55. The van der Waals surface area contributed by atoms with Crippen molar-refractivity contribution in [1.82, 2.24) is 0 Å². The van der Waals surface area contributed by atoms with E-state index in [-0.39, 0.29) is 0 Å². The highest BCUT2D eigenvalue weighted by molar-refractivity contribution is 5.95. The van der Waals surface area contributed by atoms with E-state index in [1.165, 1.54) is 6.92 Å². The molecule has 0 heterocycles. The van der Waals surface area contributed by atoms with Gasteiger partial charge in [0.25, 0.3) is 0 Å². The maximum atomic E-state index is 11.1. The Morgan fingerprint density at radius 2 is 2.27 bits per heavy atom. The third kappa shape index (κ3) is 2.70. The number of benzene rings is 1. The van der Waals surface area contributed by atoms with E-state index >= 15 is 0 Å². The zero-order valence-corrected chi connectivity index (χ0v) is 8.86. The molecule has 0 bridgehead atoms. The minimum absolute atomic E-state index is 0.440. The first-order chi connectivity index (χ1) is 7.06. The number of carbonyl (C=O) groups excluding carboxylic acids is 1. The highest BCUT2D eigenvalue weighted by atomic mass is 16.6. The summed E-state index contributed by atoms with van der Waals surface area (Å²) >= 11 is 0. The number of aliphatic hydroxyl groups is 1. The number of hydrogen-bond acceptors (Lipinski definition) is 3. The first kappa shape index (κ1) is 11.5. The monoisotopic (exact) mass is 209 g/mol. The Morgan fingerprint density at radius 3 is 2.73 bits per heavy atom. The van der Waals surface area contributed by atoms with Crippen LogP contribution in [0.5, 0.6) is 5.75 Å². The smallest absolute Gasteiger partial charge is 0.249 e. The van der Waals surface area contributed by atoms with Crippen LogP contribution in [0.1, 0.15) is 29.8 Å². The Bertz CT molecular complexity index is 361. The van der Waals surface area contributed by atoms with Gasteiger partial charge in [-0.2, -0.15) is 0 Å². The molecule has 15 heavy (non-hydrogen) atoms. The molecule has 0 aromatic heterocycles. The molecule has 1 aromatic carbocycles. The van der Waals surface area contributed by atoms with E-state index in [9.17, 15) is 4.79 Å². The third-order valence-electron chi connectivity index (χ3n) is 2.05. The van der Waals surface area contributed by atoms with Gasteiger partial charge in [-0.05, 0) is 25.5 Å². The highest BCUT2D eigenvalue weighted by Gasteiger charge is 2.12. The standard InChI is InChI=1S/C11H15NO3/c1-3-8-9(11(12)14)5-4-6-10(8)15-7(2)13/h4-7,13H,3H2,1-2H3,(H2,12,14). The van der Waals surface area contributed by atoms with E-state index in [1.807, 2.05) is 6.92 Å². The molecular formula is C11H15NO3. The van der Waals surface area contributed by atoms with Crippen LogP contribution in [0.15, 0.2) is 18.2 Å². The van der Waals surface area contributed by atoms with Crippen LogP contribution in [0.25, 0.3) is 0 Å². The molecule has 0 saturated heterocycles. The van der Waals surface area contributed by atoms with Gasteiger partial charge in [0.1, 0.15) is 5.75 Å².